The molecule has 0 radical (unpaired) electrons. The van der Waals surface area contributed by atoms with Gasteiger partial charge >= 0.3 is 0 Å². The fourth-order valence-corrected chi connectivity index (χ4v) is 4.33. The highest BCUT2D eigenvalue weighted by Gasteiger charge is 2.36. The third kappa shape index (κ3) is 6.34. The molecule has 3 aromatic rings. The predicted molar refractivity (Wildman–Crippen MR) is 141 cm³/mol. The summed E-state index contributed by atoms with van der Waals surface area (Å²) < 4.78 is 11.4. The van der Waals surface area contributed by atoms with E-state index in [1.165, 1.54) is 5.56 Å². The minimum absolute atomic E-state index is 0.236. The van der Waals surface area contributed by atoms with E-state index in [4.69, 9.17) is 9.47 Å². The second-order valence-corrected chi connectivity index (χ2v) is 9.08. The number of nitrogens with one attached hydrogen (secondary N) is 1. The molecule has 0 aliphatic carbocycles. The van der Waals surface area contributed by atoms with Crippen LogP contribution < -0.4 is 14.8 Å². The molecule has 36 heavy (non-hydrogen) atoms. The molecule has 1 saturated heterocycles. The summed E-state index contributed by atoms with van der Waals surface area (Å²) in [5.74, 6) is 0.303. The van der Waals surface area contributed by atoms with Gasteiger partial charge in [-0.05, 0) is 67.6 Å². The summed E-state index contributed by atoms with van der Waals surface area (Å²) in [5.41, 5.74) is 3.41. The van der Waals surface area contributed by atoms with Crippen LogP contribution in [0.5, 0.6) is 11.5 Å². The average Bonchev–Trinajstić information content (AvgIpc) is 3.13. The Bertz CT molecular complexity index is 1290. The van der Waals surface area contributed by atoms with Gasteiger partial charge in [0.05, 0.1) is 11.5 Å². The van der Waals surface area contributed by atoms with Gasteiger partial charge in [-0.3, -0.25) is 19.3 Å². The first-order valence-electron chi connectivity index (χ1n) is 11.5. The van der Waals surface area contributed by atoms with Crippen molar-refractivity contribution >= 4 is 40.6 Å². The normalized spacial score (nSPS) is 14.3. The number of nitrogens with zero attached hydrogens (tertiary/aromatic N) is 1. The van der Waals surface area contributed by atoms with Gasteiger partial charge in [0, 0.05) is 11.3 Å². The van der Waals surface area contributed by atoms with Crippen molar-refractivity contribution in [1.82, 2.24) is 4.90 Å². The Morgan fingerprint density at radius 1 is 0.972 bits per heavy atom. The maximum Gasteiger partial charge on any atom is 0.294 e. The van der Waals surface area contributed by atoms with E-state index in [1.807, 2.05) is 62.4 Å². The number of anilines is 1. The van der Waals surface area contributed by atoms with Crippen LogP contribution in [0.4, 0.5) is 10.5 Å². The van der Waals surface area contributed by atoms with Crippen LogP contribution in [0.3, 0.4) is 0 Å². The van der Waals surface area contributed by atoms with E-state index in [9.17, 15) is 14.4 Å². The molecule has 0 spiro atoms. The van der Waals surface area contributed by atoms with E-state index in [1.54, 1.807) is 30.3 Å². The third-order valence-electron chi connectivity index (χ3n) is 5.34. The molecule has 0 saturated carbocycles. The minimum Gasteiger partial charge on any atom is -0.494 e. The molecule has 8 heteroatoms. The first-order chi connectivity index (χ1) is 17.4. The number of imide groups is 1. The zero-order valence-electron chi connectivity index (χ0n) is 20.0. The van der Waals surface area contributed by atoms with Crippen LogP contribution in [0.1, 0.15) is 23.6 Å². The molecule has 0 unspecified atom stereocenters. The molecule has 4 rings (SSSR count). The van der Waals surface area contributed by atoms with Crippen molar-refractivity contribution in [3.05, 3.63) is 94.4 Å². The van der Waals surface area contributed by atoms with Crippen LogP contribution in [-0.2, 0) is 16.2 Å². The molecule has 184 valence electrons. The average molecular weight is 503 g/mol. The molecule has 3 aromatic carbocycles. The molecule has 3 amide bonds. The summed E-state index contributed by atoms with van der Waals surface area (Å²) >= 11 is 0.804. The molecular weight excluding hydrogens is 476 g/mol. The number of carbonyl (C=O) groups is 3. The van der Waals surface area contributed by atoms with Crippen LogP contribution in [0.2, 0.25) is 0 Å². The Kier molecular flexibility index (Phi) is 8.07. The molecule has 0 bridgehead atoms. The zero-order chi connectivity index (χ0) is 25.5. The standard InChI is InChI=1S/C28H26N2O5S/c1-3-34-23-14-12-22(13-15-23)29-26(31)17-30-27(32)25(36-28(30)33)16-21-6-4-5-7-24(21)35-18-20-10-8-19(2)9-11-20/h4-16H,3,17-18H2,1-2H3,(H,29,31)/b25-16+. The maximum absolute atomic E-state index is 12.9. The first-order valence-corrected chi connectivity index (χ1v) is 12.3. The van der Waals surface area contributed by atoms with Crippen molar-refractivity contribution in [2.45, 2.75) is 20.5 Å². The van der Waals surface area contributed by atoms with Gasteiger partial charge in [0.15, 0.2) is 0 Å². The number of thioether (sulfide) groups is 1. The number of rotatable bonds is 9. The van der Waals surface area contributed by atoms with E-state index in [0.29, 0.717) is 36.0 Å². The minimum atomic E-state index is -0.514. The van der Waals surface area contributed by atoms with E-state index in [2.05, 4.69) is 5.32 Å². The highest BCUT2D eigenvalue weighted by atomic mass is 32.2. The Morgan fingerprint density at radius 3 is 2.42 bits per heavy atom. The van der Waals surface area contributed by atoms with E-state index >= 15 is 0 Å². The Hall–Kier alpha value is -4.04. The van der Waals surface area contributed by atoms with Crippen molar-refractivity contribution in [3.8, 4) is 11.5 Å². The summed E-state index contributed by atoms with van der Waals surface area (Å²) in [6.07, 6.45) is 1.62. The maximum atomic E-state index is 12.9. The third-order valence-corrected chi connectivity index (χ3v) is 6.25. The molecule has 1 aliphatic heterocycles. The summed E-state index contributed by atoms with van der Waals surface area (Å²) in [7, 11) is 0. The highest BCUT2D eigenvalue weighted by molar-refractivity contribution is 8.18. The summed E-state index contributed by atoms with van der Waals surface area (Å²) in [4.78, 5) is 39.1. The first kappa shape index (κ1) is 25.1. The lowest BCUT2D eigenvalue weighted by Gasteiger charge is -2.13. The van der Waals surface area contributed by atoms with Gasteiger partial charge in [-0.2, -0.15) is 0 Å². The molecule has 1 fully saturated rings. The molecule has 1 N–H and O–H groups in total. The molecule has 1 heterocycles. The number of ether oxygens (including phenoxy) is 2. The fraction of sp³-hybridized carbons (Fsp3) is 0.179. The van der Waals surface area contributed by atoms with Crippen LogP contribution >= 0.6 is 11.8 Å². The van der Waals surface area contributed by atoms with Gasteiger partial charge in [0.2, 0.25) is 5.91 Å². The van der Waals surface area contributed by atoms with Crippen LogP contribution in [0.15, 0.2) is 77.7 Å². The van der Waals surface area contributed by atoms with Crippen LogP contribution in [0.25, 0.3) is 6.08 Å². The van der Waals surface area contributed by atoms with Crippen molar-refractivity contribution in [1.29, 1.82) is 0 Å². The second kappa shape index (κ2) is 11.6. The molecular formula is C28H26N2O5S. The number of hydrogen-bond acceptors (Lipinski definition) is 6. The number of para-hydroxylation sites is 1. The fourth-order valence-electron chi connectivity index (χ4n) is 3.50. The SMILES string of the molecule is CCOc1ccc(NC(=O)CN2C(=O)S/C(=C/c3ccccc3OCc3ccc(C)cc3)C2=O)cc1. The number of carbonyl (C=O) groups excluding carboxylic acids is 3. The summed E-state index contributed by atoms with van der Waals surface area (Å²) in [6, 6.07) is 22.2. The lowest BCUT2D eigenvalue weighted by molar-refractivity contribution is -0.127. The number of amides is 3. The van der Waals surface area contributed by atoms with Crippen LogP contribution in [-0.4, -0.2) is 35.1 Å². The lowest BCUT2D eigenvalue weighted by atomic mass is 10.1. The Labute approximate surface area is 214 Å². The van der Waals surface area contributed by atoms with Crippen molar-refractivity contribution < 1.29 is 23.9 Å². The Morgan fingerprint density at radius 2 is 1.69 bits per heavy atom. The zero-order valence-corrected chi connectivity index (χ0v) is 20.8. The van der Waals surface area contributed by atoms with Gasteiger partial charge in [-0.25, -0.2) is 0 Å². The summed E-state index contributed by atoms with van der Waals surface area (Å²) in [5, 5.41) is 2.20. The highest BCUT2D eigenvalue weighted by Crippen LogP contribution is 2.34. The van der Waals surface area contributed by atoms with Gasteiger partial charge < -0.3 is 14.8 Å². The largest absolute Gasteiger partial charge is 0.494 e. The van der Waals surface area contributed by atoms with Gasteiger partial charge in [-0.15, -0.1) is 0 Å². The van der Waals surface area contributed by atoms with Gasteiger partial charge in [0.1, 0.15) is 24.7 Å². The van der Waals surface area contributed by atoms with E-state index in [0.717, 1.165) is 22.2 Å². The van der Waals surface area contributed by atoms with Crippen molar-refractivity contribution in [2.75, 3.05) is 18.5 Å². The van der Waals surface area contributed by atoms with Crippen LogP contribution in [0, 0.1) is 6.92 Å². The van der Waals surface area contributed by atoms with Crippen molar-refractivity contribution in [2.24, 2.45) is 0 Å². The Balaban J connectivity index is 1.41. The molecule has 0 aromatic heterocycles. The summed E-state index contributed by atoms with van der Waals surface area (Å²) in [6.45, 7) is 4.45. The van der Waals surface area contributed by atoms with Gasteiger partial charge in [-0.1, -0.05) is 48.0 Å². The number of hydrogen-bond donors (Lipinski definition) is 1. The molecule has 1 aliphatic rings. The van der Waals surface area contributed by atoms with Gasteiger partial charge in [0.25, 0.3) is 11.1 Å². The monoisotopic (exact) mass is 502 g/mol. The number of aryl methyl sites for hydroxylation is 1. The predicted octanol–water partition coefficient (Wildman–Crippen LogP) is 5.65. The second-order valence-electron chi connectivity index (χ2n) is 8.09. The molecule has 7 nitrogen and oxygen atoms in total. The molecule has 0 atom stereocenters. The number of benzene rings is 3. The van der Waals surface area contributed by atoms with Crippen molar-refractivity contribution in [3.63, 3.8) is 0 Å². The smallest absolute Gasteiger partial charge is 0.294 e. The topological polar surface area (TPSA) is 84.9 Å². The quantitative estimate of drug-likeness (QED) is 0.381. The lowest BCUT2D eigenvalue weighted by Crippen LogP contribution is -2.36. The van der Waals surface area contributed by atoms with E-state index < -0.39 is 17.1 Å². The van der Waals surface area contributed by atoms with E-state index in [-0.39, 0.29) is 11.4 Å².